The van der Waals surface area contributed by atoms with Crippen molar-refractivity contribution in [3.05, 3.63) is 62.0 Å². The van der Waals surface area contributed by atoms with Crippen molar-refractivity contribution in [3.63, 3.8) is 0 Å². The number of hydrogen-bond acceptors (Lipinski definition) is 7. The Labute approximate surface area is 318 Å². The third-order valence-electron chi connectivity index (χ3n) is 11.1. The maximum atomic E-state index is 14.3. The van der Waals surface area contributed by atoms with Crippen molar-refractivity contribution in [2.45, 2.75) is 71.0 Å². The Morgan fingerprint density at radius 1 is 0.882 bits per heavy atom. The van der Waals surface area contributed by atoms with Gasteiger partial charge in [0, 0.05) is 92.0 Å². The fourth-order valence-electron chi connectivity index (χ4n) is 8.02. The van der Waals surface area contributed by atoms with Crippen molar-refractivity contribution < 1.29 is 23.9 Å². The molecule has 0 bridgehead atoms. The van der Waals surface area contributed by atoms with Crippen LogP contribution in [0.4, 0.5) is 10.5 Å². The summed E-state index contributed by atoms with van der Waals surface area (Å²) in [4.78, 5) is 63.4. The van der Waals surface area contributed by atoms with Gasteiger partial charge in [-0.05, 0) is 80.8 Å². The van der Waals surface area contributed by atoms with Gasteiger partial charge in [0.15, 0.2) is 0 Å². The molecule has 4 amide bonds. The Morgan fingerprint density at radius 3 is 2.18 bits per heavy atom. The minimum absolute atomic E-state index is 0.000981. The number of piperidine rings is 2. The first-order valence-electron chi connectivity index (χ1n) is 18.4. The normalized spacial score (nSPS) is 20.2. The van der Waals surface area contributed by atoms with Crippen LogP contribution in [0, 0.1) is 12.8 Å². The van der Waals surface area contributed by atoms with Crippen LogP contribution in [0.3, 0.4) is 0 Å². The molecule has 0 saturated carbocycles. The number of ether oxygens (including phenoxy) is 1. The van der Waals surface area contributed by atoms with Crippen LogP contribution in [0.5, 0.6) is 0 Å². The Balaban J connectivity index is 1.05. The molecule has 3 fully saturated rings. The highest BCUT2D eigenvalue weighted by Gasteiger charge is 2.36. The minimum atomic E-state index is -0.468. The lowest BCUT2D eigenvalue weighted by molar-refractivity contribution is -0.145. The van der Waals surface area contributed by atoms with Gasteiger partial charge in [-0.2, -0.15) is 0 Å². The molecule has 276 valence electrons. The van der Waals surface area contributed by atoms with E-state index in [0.29, 0.717) is 71.2 Å². The van der Waals surface area contributed by atoms with Gasteiger partial charge in [0.05, 0.1) is 19.1 Å². The molecule has 2 aromatic carbocycles. The number of benzene rings is 2. The van der Waals surface area contributed by atoms with Crippen LogP contribution in [0.1, 0.15) is 55.7 Å². The molecule has 0 radical (unpaired) electrons. The second-order valence-corrected chi connectivity index (χ2v) is 16.0. The van der Waals surface area contributed by atoms with Gasteiger partial charge in [-0.25, -0.2) is 4.79 Å². The van der Waals surface area contributed by atoms with Gasteiger partial charge in [-0.15, -0.1) is 0 Å². The molecule has 11 nitrogen and oxygen atoms in total. The highest BCUT2D eigenvalue weighted by Crippen LogP contribution is 2.31. The molecule has 6 rings (SSSR count). The first-order chi connectivity index (χ1) is 24.6. The Kier molecular flexibility index (Phi) is 12.7. The zero-order chi connectivity index (χ0) is 36.1. The average Bonchev–Trinajstić information content (AvgIpc) is 3.13. The molecule has 1 unspecified atom stereocenters. The second kappa shape index (κ2) is 17.2. The van der Waals surface area contributed by atoms with E-state index in [1.54, 1.807) is 0 Å². The standard InChI is InChI=1S/C38H50Br2N6O5/c1-3-51-36(48)25-42-16-18-43(19-17-42)30-8-14-45(15-9-30)37(49)29(20-27-21-32(39)26(2)33(40)22-27)23-35(47)44-12-10-31(11-13-44)46-24-28-6-4-5-7-34(28)41-38(46)50/h4-7,21-22,29-31H,3,8-20,23-25H2,1-2H3,(H,41,50). The van der Waals surface area contributed by atoms with E-state index in [1.165, 1.54) is 0 Å². The van der Waals surface area contributed by atoms with Crippen LogP contribution in [0.2, 0.25) is 0 Å². The summed E-state index contributed by atoms with van der Waals surface area (Å²) in [5.74, 6) is -0.587. The highest BCUT2D eigenvalue weighted by molar-refractivity contribution is 9.11. The zero-order valence-electron chi connectivity index (χ0n) is 29.8. The van der Waals surface area contributed by atoms with E-state index >= 15 is 0 Å². The average molecular weight is 831 g/mol. The van der Waals surface area contributed by atoms with Crippen molar-refractivity contribution in [2.24, 2.45) is 5.92 Å². The third kappa shape index (κ3) is 9.33. The van der Waals surface area contributed by atoms with E-state index in [0.717, 1.165) is 70.3 Å². The molecule has 3 saturated heterocycles. The zero-order valence-corrected chi connectivity index (χ0v) is 32.9. The molecule has 13 heteroatoms. The molecule has 4 aliphatic rings. The number of esters is 1. The van der Waals surface area contributed by atoms with E-state index in [-0.39, 0.29) is 36.3 Å². The lowest BCUT2D eigenvalue weighted by Crippen LogP contribution is -2.55. The summed E-state index contributed by atoms with van der Waals surface area (Å²) in [6.07, 6.45) is 3.85. The van der Waals surface area contributed by atoms with Crippen LogP contribution in [0.25, 0.3) is 0 Å². The highest BCUT2D eigenvalue weighted by atomic mass is 79.9. The number of carbonyl (C=O) groups excluding carboxylic acids is 4. The number of hydrogen-bond donors (Lipinski definition) is 1. The molecule has 0 aliphatic carbocycles. The monoisotopic (exact) mass is 828 g/mol. The number of nitrogens with zero attached hydrogens (tertiary/aromatic N) is 5. The van der Waals surface area contributed by atoms with E-state index in [2.05, 4.69) is 59.1 Å². The number of anilines is 1. The number of halogens is 2. The summed E-state index contributed by atoms with van der Waals surface area (Å²) in [6, 6.07) is 12.4. The summed E-state index contributed by atoms with van der Waals surface area (Å²) >= 11 is 7.34. The fourth-order valence-corrected chi connectivity index (χ4v) is 9.30. The van der Waals surface area contributed by atoms with Crippen LogP contribution in [-0.4, -0.2) is 126 Å². The maximum Gasteiger partial charge on any atom is 0.322 e. The van der Waals surface area contributed by atoms with Crippen LogP contribution < -0.4 is 5.32 Å². The van der Waals surface area contributed by atoms with Gasteiger partial charge in [0.1, 0.15) is 0 Å². The molecule has 4 aliphatic heterocycles. The molecular weight excluding hydrogens is 780 g/mol. The van der Waals surface area contributed by atoms with Crippen molar-refractivity contribution in [1.82, 2.24) is 24.5 Å². The number of fused-ring (bicyclic) bond motifs is 1. The quantitative estimate of drug-likeness (QED) is 0.325. The number of piperazine rings is 1. The maximum absolute atomic E-state index is 14.3. The van der Waals surface area contributed by atoms with Crippen molar-refractivity contribution in [2.75, 3.05) is 70.8 Å². The minimum Gasteiger partial charge on any atom is -0.465 e. The molecule has 2 aromatic rings. The summed E-state index contributed by atoms with van der Waals surface area (Å²) < 4.78 is 7.06. The number of nitrogens with one attached hydrogen (secondary N) is 1. The number of carbonyl (C=O) groups is 4. The van der Waals surface area contributed by atoms with Gasteiger partial charge in [-0.3, -0.25) is 24.2 Å². The predicted octanol–water partition coefficient (Wildman–Crippen LogP) is 5.28. The number of likely N-dealkylation sites (tertiary alicyclic amines) is 2. The van der Waals surface area contributed by atoms with Crippen molar-refractivity contribution in [3.8, 4) is 0 Å². The molecule has 0 spiro atoms. The molecule has 1 N–H and O–H groups in total. The smallest absolute Gasteiger partial charge is 0.322 e. The van der Waals surface area contributed by atoms with E-state index in [4.69, 9.17) is 4.74 Å². The van der Waals surface area contributed by atoms with Crippen LogP contribution >= 0.6 is 31.9 Å². The first kappa shape index (κ1) is 37.7. The van der Waals surface area contributed by atoms with Gasteiger partial charge < -0.3 is 24.8 Å². The number of para-hydroxylation sites is 1. The van der Waals surface area contributed by atoms with Crippen LogP contribution in [-0.2, 0) is 32.1 Å². The SMILES string of the molecule is CCOC(=O)CN1CCN(C2CCN(C(=O)C(CC(=O)N3CCC(N4Cc5ccccc5NC4=O)CC3)Cc3cc(Br)c(C)c(Br)c3)CC2)CC1. The molecular formula is C38H50Br2N6O5. The number of rotatable bonds is 10. The largest absolute Gasteiger partial charge is 0.465 e. The Hall–Kier alpha value is -3.00. The lowest BCUT2D eigenvalue weighted by Gasteiger charge is -2.43. The Morgan fingerprint density at radius 2 is 1.51 bits per heavy atom. The fraction of sp³-hybridized carbons (Fsp3) is 0.579. The van der Waals surface area contributed by atoms with Gasteiger partial charge in [-0.1, -0.05) is 50.1 Å². The topological polar surface area (TPSA) is 106 Å². The molecule has 0 aromatic heterocycles. The summed E-state index contributed by atoms with van der Waals surface area (Å²) in [5, 5.41) is 3.02. The van der Waals surface area contributed by atoms with E-state index in [9.17, 15) is 19.2 Å². The number of urea groups is 1. The Bertz CT molecular complexity index is 1560. The number of amides is 4. The third-order valence-corrected chi connectivity index (χ3v) is 12.7. The predicted molar refractivity (Wildman–Crippen MR) is 203 cm³/mol. The van der Waals surface area contributed by atoms with E-state index in [1.807, 2.05) is 52.8 Å². The summed E-state index contributed by atoms with van der Waals surface area (Å²) in [7, 11) is 0. The van der Waals surface area contributed by atoms with E-state index < -0.39 is 5.92 Å². The van der Waals surface area contributed by atoms with Crippen molar-refractivity contribution >= 4 is 61.4 Å². The van der Waals surface area contributed by atoms with Crippen molar-refractivity contribution in [1.29, 1.82) is 0 Å². The second-order valence-electron chi connectivity index (χ2n) is 14.3. The van der Waals surface area contributed by atoms with Crippen LogP contribution in [0.15, 0.2) is 45.3 Å². The first-order valence-corrected chi connectivity index (χ1v) is 20.0. The lowest BCUT2D eigenvalue weighted by atomic mass is 9.91. The summed E-state index contributed by atoms with van der Waals surface area (Å²) in [6.45, 7) is 11.1. The molecule has 1 atom stereocenters. The molecule has 4 heterocycles. The molecule has 51 heavy (non-hydrogen) atoms. The summed E-state index contributed by atoms with van der Waals surface area (Å²) in [5.41, 5.74) is 4.07. The van der Waals surface area contributed by atoms with Gasteiger partial charge in [0.2, 0.25) is 11.8 Å². The van der Waals surface area contributed by atoms with Gasteiger partial charge in [0.25, 0.3) is 0 Å². The van der Waals surface area contributed by atoms with Gasteiger partial charge >= 0.3 is 12.0 Å².